The minimum Gasteiger partial charge on any atom is -0.493 e. The summed E-state index contributed by atoms with van der Waals surface area (Å²) in [6.45, 7) is 0. The number of para-hydroxylation sites is 2. The number of rotatable bonds is 6. The van der Waals surface area contributed by atoms with E-state index in [2.05, 4.69) is 0 Å². The molecule has 2 fully saturated rings. The van der Waals surface area contributed by atoms with E-state index in [1.165, 1.54) is 31.4 Å². The number of nitro groups is 1. The molecule has 3 aromatic carbocycles. The summed E-state index contributed by atoms with van der Waals surface area (Å²) in [7, 11) is 2.79. The van der Waals surface area contributed by atoms with Crippen LogP contribution in [0.25, 0.3) is 0 Å². The third kappa shape index (κ3) is 3.55. The Labute approximate surface area is 200 Å². The number of anilines is 2. The second-order valence-electron chi connectivity index (χ2n) is 8.03. The zero-order valence-corrected chi connectivity index (χ0v) is 18.9. The van der Waals surface area contributed by atoms with Gasteiger partial charge in [0.05, 0.1) is 42.1 Å². The van der Waals surface area contributed by atoms with Crippen LogP contribution in [0.3, 0.4) is 0 Å². The first-order valence-corrected chi connectivity index (χ1v) is 10.8. The topological polar surface area (TPSA) is 111 Å². The van der Waals surface area contributed by atoms with Crippen LogP contribution >= 0.6 is 0 Å². The van der Waals surface area contributed by atoms with E-state index in [1.54, 1.807) is 54.6 Å². The molecule has 0 aliphatic carbocycles. The zero-order chi connectivity index (χ0) is 24.7. The van der Waals surface area contributed by atoms with E-state index < -0.39 is 34.8 Å². The molecule has 3 atom stereocenters. The molecule has 0 spiro atoms. The van der Waals surface area contributed by atoms with Gasteiger partial charge in [-0.2, -0.15) is 0 Å². The van der Waals surface area contributed by atoms with Gasteiger partial charge in [-0.05, 0) is 30.3 Å². The number of amides is 2. The van der Waals surface area contributed by atoms with E-state index in [0.29, 0.717) is 11.4 Å². The maximum atomic E-state index is 13.7. The minimum atomic E-state index is -1.15. The normalized spacial score (nSPS) is 21.3. The van der Waals surface area contributed by atoms with Gasteiger partial charge in [-0.3, -0.25) is 24.5 Å². The van der Waals surface area contributed by atoms with Crippen molar-refractivity contribution in [3.63, 3.8) is 0 Å². The summed E-state index contributed by atoms with van der Waals surface area (Å²) in [6.07, 6.45) is -1.15. The van der Waals surface area contributed by atoms with Gasteiger partial charge in [0.2, 0.25) is 5.91 Å². The van der Waals surface area contributed by atoms with Gasteiger partial charge < -0.3 is 9.47 Å². The summed E-state index contributed by atoms with van der Waals surface area (Å²) in [5, 5.41) is 13.5. The number of nitrogens with zero attached hydrogens (tertiary/aromatic N) is 3. The number of methoxy groups -OCH3 is 2. The van der Waals surface area contributed by atoms with Crippen LogP contribution < -0.4 is 19.4 Å². The molecule has 3 aromatic rings. The van der Waals surface area contributed by atoms with Gasteiger partial charge in [0.15, 0.2) is 17.6 Å². The predicted molar refractivity (Wildman–Crippen MR) is 125 cm³/mol. The fourth-order valence-electron chi connectivity index (χ4n) is 4.64. The highest BCUT2D eigenvalue weighted by atomic mass is 16.7. The fourth-order valence-corrected chi connectivity index (χ4v) is 4.64. The third-order valence-electron chi connectivity index (χ3n) is 6.19. The van der Waals surface area contributed by atoms with Gasteiger partial charge in [0, 0.05) is 0 Å². The Morgan fingerprint density at radius 1 is 0.857 bits per heavy atom. The van der Waals surface area contributed by atoms with Gasteiger partial charge in [-0.25, -0.2) is 9.96 Å². The van der Waals surface area contributed by atoms with Crippen LogP contribution in [0.4, 0.5) is 17.1 Å². The SMILES string of the molecule is COc1cc([C@@H]2[C@@H]3C(=O)N(c4ccccc4)C(=O)[C@@H]3ON2c2ccccc2)c([N+](=O)[O-])cc1OC. The average molecular weight is 475 g/mol. The molecular weight excluding hydrogens is 454 g/mol. The Morgan fingerprint density at radius 2 is 1.43 bits per heavy atom. The molecule has 10 nitrogen and oxygen atoms in total. The fraction of sp³-hybridized carbons (Fsp3) is 0.200. The Bertz CT molecular complexity index is 1300. The second-order valence-corrected chi connectivity index (χ2v) is 8.03. The molecule has 0 radical (unpaired) electrons. The van der Waals surface area contributed by atoms with Gasteiger partial charge in [-0.1, -0.05) is 36.4 Å². The Balaban J connectivity index is 1.69. The molecule has 35 heavy (non-hydrogen) atoms. The zero-order valence-electron chi connectivity index (χ0n) is 18.9. The van der Waals surface area contributed by atoms with E-state index in [0.717, 1.165) is 4.90 Å². The Kier molecular flexibility index (Phi) is 5.58. The first kappa shape index (κ1) is 22.4. The van der Waals surface area contributed by atoms with Gasteiger partial charge in [0.1, 0.15) is 12.0 Å². The third-order valence-corrected chi connectivity index (χ3v) is 6.19. The lowest BCUT2D eigenvalue weighted by molar-refractivity contribution is -0.385. The number of hydrogen-bond donors (Lipinski definition) is 0. The van der Waals surface area contributed by atoms with Crippen LogP contribution in [0.15, 0.2) is 72.8 Å². The summed E-state index contributed by atoms with van der Waals surface area (Å²) in [4.78, 5) is 45.8. The van der Waals surface area contributed by atoms with Crippen molar-refractivity contribution < 1.29 is 28.8 Å². The van der Waals surface area contributed by atoms with Crippen molar-refractivity contribution in [3.05, 3.63) is 88.5 Å². The molecule has 2 saturated heterocycles. The predicted octanol–water partition coefficient (Wildman–Crippen LogP) is 3.66. The molecule has 178 valence electrons. The molecule has 0 saturated carbocycles. The van der Waals surface area contributed by atoms with Crippen LogP contribution in [0.2, 0.25) is 0 Å². The number of carbonyl (C=O) groups excluding carboxylic acids is 2. The first-order chi connectivity index (χ1) is 17.0. The number of ether oxygens (including phenoxy) is 2. The second kappa shape index (κ2) is 8.73. The number of carbonyl (C=O) groups is 2. The summed E-state index contributed by atoms with van der Waals surface area (Å²) >= 11 is 0. The maximum absolute atomic E-state index is 13.7. The number of hydrogen-bond acceptors (Lipinski definition) is 8. The molecular formula is C25H21N3O7. The maximum Gasteiger partial charge on any atom is 0.278 e. The number of hydroxylamine groups is 1. The standard InChI is InChI=1S/C25H21N3O7/c1-33-19-13-17(18(28(31)32)14-20(19)34-2)22-21-23(35-27(22)16-11-7-4-8-12-16)25(30)26(24(21)29)15-9-5-3-6-10-15/h3-14,21-23H,1-2H3/t21-,22+,23+/m0/s1. The smallest absolute Gasteiger partial charge is 0.278 e. The largest absolute Gasteiger partial charge is 0.493 e. The highest BCUT2D eigenvalue weighted by Crippen LogP contribution is 2.51. The average Bonchev–Trinajstić information content (AvgIpc) is 3.39. The van der Waals surface area contributed by atoms with Crippen molar-refractivity contribution in [2.24, 2.45) is 5.92 Å². The lowest BCUT2D eigenvalue weighted by Crippen LogP contribution is -2.37. The molecule has 2 heterocycles. The van der Waals surface area contributed by atoms with Gasteiger partial charge in [-0.15, -0.1) is 0 Å². The van der Waals surface area contributed by atoms with Crippen LogP contribution in [0.5, 0.6) is 11.5 Å². The summed E-state index contributed by atoms with van der Waals surface area (Å²) < 4.78 is 10.6. The Hall–Kier alpha value is -4.44. The van der Waals surface area contributed by atoms with Crippen molar-refractivity contribution in [3.8, 4) is 11.5 Å². The van der Waals surface area contributed by atoms with E-state index in [4.69, 9.17) is 14.3 Å². The van der Waals surface area contributed by atoms with Crippen LogP contribution in [0.1, 0.15) is 11.6 Å². The molecule has 2 aliphatic rings. The molecule has 5 rings (SSSR count). The van der Waals surface area contributed by atoms with Crippen molar-refractivity contribution >= 4 is 28.9 Å². The van der Waals surface area contributed by atoms with Crippen LogP contribution in [-0.4, -0.2) is 37.1 Å². The molecule has 2 aliphatic heterocycles. The molecule has 10 heteroatoms. The van der Waals surface area contributed by atoms with Crippen molar-refractivity contribution in [2.75, 3.05) is 24.2 Å². The number of nitro benzene ring substituents is 1. The monoisotopic (exact) mass is 475 g/mol. The minimum absolute atomic E-state index is 0.167. The van der Waals surface area contributed by atoms with Crippen LogP contribution in [-0.2, 0) is 14.4 Å². The van der Waals surface area contributed by atoms with Crippen LogP contribution in [0, 0.1) is 16.0 Å². The number of benzene rings is 3. The number of imide groups is 1. The van der Waals surface area contributed by atoms with E-state index in [-0.39, 0.29) is 22.7 Å². The van der Waals surface area contributed by atoms with Crippen molar-refractivity contribution in [1.82, 2.24) is 0 Å². The summed E-state index contributed by atoms with van der Waals surface area (Å²) in [6, 6.07) is 19.1. The molecule has 0 unspecified atom stereocenters. The van der Waals surface area contributed by atoms with E-state index in [1.807, 2.05) is 6.07 Å². The lowest BCUT2D eigenvalue weighted by Gasteiger charge is -2.28. The molecule has 2 amide bonds. The highest BCUT2D eigenvalue weighted by molar-refractivity contribution is 6.24. The quantitative estimate of drug-likeness (QED) is 0.302. The molecule has 0 bridgehead atoms. The first-order valence-electron chi connectivity index (χ1n) is 10.8. The Morgan fingerprint density at radius 3 is 2.00 bits per heavy atom. The molecule has 0 N–H and O–H groups in total. The summed E-state index contributed by atoms with van der Waals surface area (Å²) in [5.41, 5.74) is 0.839. The van der Waals surface area contributed by atoms with Gasteiger partial charge >= 0.3 is 0 Å². The number of fused-ring (bicyclic) bond motifs is 1. The van der Waals surface area contributed by atoms with Crippen molar-refractivity contribution in [2.45, 2.75) is 12.1 Å². The summed E-state index contributed by atoms with van der Waals surface area (Å²) in [5.74, 6) is -1.64. The van der Waals surface area contributed by atoms with E-state index >= 15 is 0 Å². The van der Waals surface area contributed by atoms with Gasteiger partial charge in [0.25, 0.3) is 11.6 Å². The van der Waals surface area contributed by atoms with E-state index in [9.17, 15) is 19.7 Å². The molecule has 0 aromatic heterocycles. The lowest BCUT2D eigenvalue weighted by atomic mass is 9.89. The van der Waals surface area contributed by atoms with Crippen molar-refractivity contribution in [1.29, 1.82) is 0 Å². The highest BCUT2D eigenvalue weighted by Gasteiger charge is 2.61.